The third-order valence-corrected chi connectivity index (χ3v) is 7.97. The average molecular weight is 625 g/mol. The summed E-state index contributed by atoms with van der Waals surface area (Å²) in [5.41, 5.74) is 4.39. The van der Waals surface area contributed by atoms with Gasteiger partial charge in [0.25, 0.3) is 0 Å². The number of ether oxygens (including phenoxy) is 3. The molecule has 1 aliphatic carbocycles. The lowest BCUT2D eigenvalue weighted by molar-refractivity contribution is -0.157. The van der Waals surface area contributed by atoms with Crippen molar-refractivity contribution >= 4 is 23.9 Å². The van der Waals surface area contributed by atoms with Crippen LogP contribution in [0.5, 0.6) is 0 Å². The van der Waals surface area contributed by atoms with E-state index in [4.69, 9.17) is 14.2 Å². The van der Waals surface area contributed by atoms with Crippen LogP contribution in [0.3, 0.4) is 0 Å². The molecule has 0 saturated heterocycles. The highest BCUT2D eigenvalue weighted by atomic mass is 16.6. The first-order valence-corrected chi connectivity index (χ1v) is 15.6. The summed E-state index contributed by atoms with van der Waals surface area (Å²) >= 11 is 0. The number of amides is 2. The minimum atomic E-state index is -1.04. The van der Waals surface area contributed by atoms with Crippen molar-refractivity contribution in [1.82, 2.24) is 10.6 Å². The largest absolute Gasteiger partial charge is 0.460 e. The van der Waals surface area contributed by atoms with Gasteiger partial charge in [-0.15, -0.1) is 0 Å². The number of esters is 2. The standard InChI is InChI=1S/C37H40N2O7/c1-37(2,3)46-33(40)21-25-15-7-12-20-31(35(42)45-32(22-38-34(25)41)24-13-5-4-6-14-24)39-36(43)44-23-30-28-18-10-8-16-26(28)27-17-9-11-19-29(27)30/h4-14,16-19,25,30-32H,15,20-23H2,1-3H3,(H,38,41)(H,39,43)/t25-,31-,32-/m0/s1. The van der Waals surface area contributed by atoms with E-state index in [1.165, 1.54) is 0 Å². The van der Waals surface area contributed by atoms with Gasteiger partial charge in [-0.3, -0.25) is 9.59 Å². The molecule has 0 spiro atoms. The maximum Gasteiger partial charge on any atom is 0.407 e. The topological polar surface area (TPSA) is 120 Å². The number of hydrogen-bond acceptors (Lipinski definition) is 7. The fourth-order valence-electron chi connectivity index (χ4n) is 5.81. The van der Waals surface area contributed by atoms with Gasteiger partial charge in [0.1, 0.15) is 24.4 Å². The molecule has 9 nitrogen and oxygen atoms in total. The highest BCUT2D eigenvalue weighted by molar-refractivity contribution is 5.85. The SMILES string of the molecule is CC(C)(C)OC(=O)C[C@@H]1CC=CC[C@H](NC(=O)OCC2c3ccccc3-c3ccccc32)C(=O)O[C@H](c2ccccc2)CNC1=O. The number of fused-ring (bicyclic) bond motifs is 3. The van der Waals surface area contributed by atoms with Crippen LogP contribution in [-0.4, -0.2) is 48.7 Å². The van der Waals surface area contributed by atoms with Crippen molar-refractivity contribution < 1.29 is 33.4 Å². The lowest BCUT2D eigenvalue weighted by Gasteiger charge is -2.25. The average Bonchev–Trinajstić information content (AvgIpc) is 3.35. The minimum Gasteiger partial charge on any atom is -0.460 e. The van der Waals surface area contributed by atoms with Gasteiger partial charge >= 0.3 is 18.0 Å². The highest BCUT2D eigenvalue weighted by Gasteiger charge is 2.32. The molecule has 0 bridgehead atoms. The van der Waals surface area contributed by atoms with E-state index in [0.717, 1.165) is 22.3 Å². The number of benzene rings is 3. The zero-order valence-corrected chi connectivity index (χ0v) is 26.4. The number of alkyl carbamates (subject to hydrolysis) is 1. The van der Waals surface area contributed by atoms with Crippen LogP contribution >= 0.6 is 0 Å². The number of hydrogen-bond donors (Lipinski definition) is 2. The van der Waals surface area contributed by atoms with E-state index in [9.17, 15) is 19.2 Å². The van der Waals surface area contributed by atoms with Crippen LogP contribution in [-0.2, 0) is 28.6 Å². The van der Waals surface area contributed by atoms with E-state index in [1.54, 1.807) is 45.1 Å². The van der Waals surface area contributed by atoms with Crippen LogP contribution in [0, 0.1) is 5.92 Å². The van der Waals surface area contributed by atoms with Crippen molar-refractivity contribution in [3.05, 3.63) is 108 Å². The molecule has 5 rings (SSSR count). The molecule has 0 radical (unpaired) electrons. The van der Waals surface area contributed by atoms with Crippen LogP contribution < -0.4 is 10.6 Å². The molecule has 3 atom stereocenters. The Labute approximate surface area is 269 Å². The van der Waals surface area contributed by atoms with E-state index in [2.05, 4.69) is 22.8 Å². The number of rotatable bonds is 6. The first-order chi connectivity index (χ1) is 22.1. The number of cyclic esters (lactones) is 1. The number of allylic oxidation sites excluding steroid dienone is 1. The molecule has 0 aromatic heterocycles. The van der Waals surface area contributed by atoms with Crippen molar-refractivity contribution in [2.75, 3.05) is 13.2 Å². The maximum atomic E-state index is 13.5. The molecular weight excluding hydrogens is 584 g/mol. The van der Waals surface area contributed by atoms with Gasteiger partial charge in [0.15, 0.2) is 0 Å². The van der Waals surface area contributed by atoms with Gasteiger partial charge in [-0.05, 0) is 61.4 Å². The van der Waals surface area contributed by atoms with Gasteiger partial charge in [-0.2, -0.15) is 0 Å². The van der Waals surface area contributed by atoms with Gasteiger partial charge in [-0.25, -0.2) is 9.59 Å². The lowest BCUT2D eigenvalue weighted by Crippen LogP contribution is -2.44. The Morgan fingerprint density at radius 3 is 2.13 bits per heavy atom. The minimum absolute atomic E-state index is 0.0131. The first-order valence-electron chi connectivity index (χ1n) is 15.6. The summed E-state index contributed by atoms with van der Waals surface area (Å²) in [6.45, 7) is 5.40. The monoisotopic (exact) mass is 624 g/mol. The van der Waals surface area contributed by atoms with E-state index in [1.807, 2.05) is 54.6 Å². The molecule has 0 saturated carbocycles. The summed E-state index contributed by atoms with van der Waals surface area (Å²) in [4.78, 5) is 52.3. The Bertz CT molecular complexity index is 1550. The molecule has 1 heterocycles. The molecule has 2 aliphatic rings. The Morgan fingerprint density at radius 2 is 1.48 bits per heavy atom. The molecule has 1 aliphatic heterocycles. The summed E-state index contributed by atoms with van der Waals surface area (Å²) in [5, 5.41) is 5.54. The van der Waals surface area contributed by atoms with Crippen molar-refractivity contribution in [1.29, 1.82) is 0 Å². The van der Waals surface area contributed by atoms with Crippen LogP contribution in [0.1, 0.15) is 68.7 Å². The number of nitrogens with one attached hydrogen (secondary N) is 2. The smallest absolute Gasteiger partial charge is 0.407 e. The van der Waals surface area contributed by atoms with Crippen LogP contribution in [0.15, 0.2) is 91.0 Å². The molecule has 2 amide bonds. The molecule has 3 aromatic rings. The summed E-state index contributed by atoms with van der Waals surface area (Å²) in [5.74, 6) is -2.30. The fourth-order valence-corrected chi connectivity index (χ4v) is 5.81. The Morgan fingerprint density at radius 1 is 0.870 bits per heavy atom. The Hall–Kier alpha value is -4.92. The summed E-state index contributed by atoms with van der Waals surface area (Å²) in [6, 6.07) is 24.1. The molecule has 3 aromatic carbocycles. The second-order valence-corrected chi connectivity index (χ2v) is 12.5. The lowest BCUT2D eigenvalue weighted by atomic mass is 9.98. The maximum absolute atomic E-state index is 13.5. The third kappa shape index (κ3) is 8.21. The van der Waals surface area contributed by atoms with Crippen molar-refractivity contribution in [2.45, 2.75) is 63.7 Å². The van der Waals surface area contributed by atoms with Crippen molar-refractivity contribution in [2.24, 2.45) is 5.92 Å². The molecule has 9 heteroatoms. The van der Waals surface area contributed by atoms with Crippen molar-refractivity contribution in [3.63, 3.8) is 0 Å². The molecule has 0 fully saturated rings. The van der Waals surface area contributed by atoms with Crippen LogP contribution in [0.25, 0.3) is 11.1 Å². The Balaban J connectivity index is 1.30. The van der Waals surface area contributed by atoms with Gasteiger partial charge in [0.2, 0.25) is 5.91 Å². The molecule has 240 valence electrons. The molecular formula is C37H40N2O7. The number of carbonyl (C=O) groups excluding carboxylic acids is 4. The second-order valence-electron chi connectivity index (χ2n) is 12.5. The summed E-state index contributed by atoms with van der Waals surface area (Å²) < 4.78 is 17.0. The highest BCUT2D eigenvalue weighted by Crippen LogP contribution is 2.44. The number of carbonyl (C=O) groups is 4. The van der Waals surface area contributed by atoms with Gasteiger partial charge in [0, 0.05) is 5.92 Å². The predicted molar refractivity (Wildman–Crippen MR) is 173 cm³/mol. The quantitative estimate of drug-likeness (QED) is 0.196. The fraction of sp³-hybridized carbons (Fsp3) is 0.351. The van der Waals surface area contributed by atoms with Gasteiger partial charge < -0.3 is 24.8 Å². The van der Waals surface area contributed by atoms with Crippen LogP contribution in [0.2, 0.25) is 0 Å². The zero-order valence-electron chi connectivity index (χ0n) is 26.4. The summed E-state index contributed by atoms with van der Waals surface area (Å²) in [6.07, 6.45) is 2.10. The second kappa shape index (κ2) is 14.5. The summed E-state index contributed by atoms with van der Waals surface area (Å²) in [7, 11) is 0. The third-order valence-electron chi connectivity index (χ3n) is 7.97. The van der Waals surface area contributed by atoms with E-state index >= 15 is 0 Å². The van der Waals surface area contributed by atoms with Crippen LogP contribution in [0.4, 0.5) is 4.79 Å². The van der Waals surface area contributed by atoms with E-state index < -0.39 is 41.7 Å². The molecule has 2 N–H and O–H groups in total. The van der Waals surface area contributed by atoms with Gasteiger partial charge in [-0.1, -0.05) is 91.0 Å². The van der Waals surface area contributed by atoms with E-state index in [-0.39, 0.29) is 44.2 Å². The van der Waals surface area contributed by atoms with Crippen molar-refractivity contribution in [3.8, 4) is 11.1 Å². The van der Waals surface area contributed by atoms with E-state index in [0.29, 0.717) is 5.56 Å². The van der Waals surface area contributed by atoms with Gasteiger partial charge in [0.05, 0.1) is 18.9 Å². The normalized spacial score (nSPS) is 20.2. The molecule has 0 unspecified atom stereocenters. The first kappa shape index (κ1) is 32.5. The predicted octanol–water partition coefficient (Wildman–Crippen LogP) is 5.99. The molecule has 46 heavy (non-hydrogen) atoms. The Kier molecular flexibility index (Phi) is 10.2. The zero-order chi connectivity index (χ0) is 32.7.